The number of nitrogens with zero attached hydrogens (tertiary/aromatic N) is 3. The average molecular weight is 584 g/mol. The highest BCUT2D eigenvalue weighted by atomic mass is 35.5. The summed E-state index contributed by atoms with van der Waals surface area (Å²) < 4.78 is 0. The Kier molecular flexibility index (Phi) is 9.12. The van der Waals surface area contributed by atoms with Gasteiger partial charge in [-0.1, -0.05) is 60.4 Å². The summed E-state index contributed by atoms with van der Waals surface area (Å²) in [6, 6.07) is 22.7. The number of benzene rings is 3. The number of aromatic nitrogens is 1. The Morgan fingerprint density at radius 2 is 1.73 bits per heavy atom. The number of carbonyl (C=O) groups excluding carboxylic acids is 2. The third-order valence-electron chi connectivity index (χ3n) is 7.20. The lowest BCUT2D eigenvalue weighted by Crippen LogP contribution is -2.42. The van der Waals surface area contributed by atoms with Crippen LogP contribution in [0.25, 0.3) is 0 Å². The van der Waals surface area contributed by atoms with Crippen LogP contribution in [-0.2, 0) is 17.9 Å². The molecule has 41 heavy (non-hydrogen) atoms. The molecular weight excluding hydrogens is 554 g/mol. The molecule has 2 N–H and O–H groups in total. The normalized spacial score (nSPS) is 15.3. The Bertz CT molecular complexity index is 1560. The molecule has 1 atom stereocenters. The molecule has 1 aromatic heterocycles. The number of hydrogen-bond acceptors (Lipinski definition) is 6. The minimum absolute atomic E-state index is 0. The number of fused-ring (bicyclic) bond motifs is 1. The third-order valence-corrected chi connectivity index (χ3v) is 7.89. The molecule has 7 nitrogen and oxygen atoms in total. The molecule has 4 aromatic rings. The van der Waals surface area contributed by atoms with Crippen molar-refractivity contribution in [3.8, 4) is 11.8 Å². The fourth-order valence-corrected chi connectivity index (χ4v) is 5.67. The Balaban J connectivity index is 0.00000337. The number of halogens is 1. The Morgan fingerprint density at radius 1 is 1.00 bits per heavy atom. The van der Waals surface area contributed by atoms with Gasteiger partial charge in [0, 0.05) is 67.5 Å². The number of hydrogen-bond donors (Lipinski definition) is 2. The van der Waals surface area contributed by atoms with Crippen LogP contribution >= 0.6 is 23.7 Å². The Morgan fingerprint density at radius 3 is 2.46 bits per heavy atom. The van der Waals surface area contributed by atoms with Gasteiger partial charge in [0.15, 0.2) is 5.13 Å². The number of carbonyl (C=O) groups is 2. The van der Waals surface area contributed by atoms with Gasteiger partial charge in [-0.3, -0.25) is 19.8 Å². The summed E-state index contributed by atoms with van der Waals surface area (Å²) in [6.07, 6.45) is 1.64. The van der Waals surface area contributed by atoms with Crippen LogP contribution in [0.2, 0.25) is 0 Å². The Labute approximate surface area is 250 Å². The lowest BCUT2D eigenvalue weighted by atomic mass is 10.0. The molecule has 3 aromatic carbocycles. The van der Waals surface area contributed by atoms with Gasteiger partial charge < -0.3 is 10.2 Å². The van der Waals surface area contributed by atoms with Gasteiger partial charge >= 0.3 is 0 Å². The van der Waals surface area contributed by atoms with Crippen LogP contribution in [0.1, 0.15) is 44.2 Å². The molecule has 0 radical (unpaired) electrons. The minimum Gasteiger partial charge on any atom is -0.318 e. The summed E-state index contributed by atoms with van der Waals surface area (Å²) in [5.74, 6) is 5.98. The SMILES string of the molecule is Cl.O=C(Nc1nccs1)C(c1ccccc1)N1Cc2ccc(C#Cc3ccc(CN4CCNCC4)cc3)cc2C1=O. The highest BCUT2D eigenvalue weighted by Gasteiger charge is 2.37. The predicted octanol–water partition coefficient (Wildman–Crippen LogP) is 4.71. The van der Waals surface area contributed by atoms with Gasteiger partial charge in [-0.15, -0.1) is 23.7 Å². The van der Waals surface area contributed by atoms with Gasteiger partial charge in [-0.2, -0.15) is 0 Å². The van der Waals surface area contributed by atoms with E-state index in [1.54, 1.807) is 16.5 Å². The first-order valence-electron chi connectivity index (χ1n) is 13.4. The monoisotopic (exact) mass is 583 g/mol. The first-order valence-corrected chi connectivity index (χ1v) is 14.3. The number of nitrogens with one attached hydrogen (secondary N) is 2. The highest BCUT2D eigenvalue weighted by Crippen LogP contribution is 2.33. The molecular formula is C32H30ClN5O2S. The summed E-state index contributed by atoms with van der Waals surface area (Å²) in [5, 5.41) is 8.56. The predicted molar refractivity (Wildman–Crippen MR) is 164 cm³/mol. The topological polar surface area (TPSA) is 77.6 Å². The summed E-state index contributed by atoms with van der Waals surface area (Å²) in [6.45, 7) is 5.51. The first kappa shape index (κ1) is 28.5. The van der Waals surface area contributed by atoms with Crippen molar-refractivity contribution in [2.75, 3.05) is 31.5 Å². The van der Waals surface area contributed by atoms with Gasteiger partial charge in [-0.05, 0) is 41.0 Å². The van der Waals surface area contributed by atoms with Crippen LogP contribution < -0.4 is 10.6 Å². The Hall–Kier alpha value is -4.00. The number of anilines is 1. The van der Waals surface area contributed by atoms with E-state index in [9.17, 15) is 9.59 Å². The molecule has 3 heterocycles. The fraction of sp³-hybridized carbons (Fsp3) is 0.219. The van der Waals surface area contributed by atoms with E-state index in [4.69, 9.17) is 0 Å². The van der Waals surface area contributed by atoms with E-state index in [-0.39, 0.29) is 24.2 Å². The van der Waals surface area contributed by atoms with Crippen molar-refractivity contribution in [3.63, 3.8) is 0 Å². The molecule has 0 saturated carbocycles. The van der Waals surface area contributed by atoms with Gasteiger partial charge in [-0.25, -0.2) is 4.98 Å². The molecule has 208 valence electrons. The number of thiazole rings is 1. The van der Waals surface area contributed by atoms with Gasteiger partial charge in [0.25, 0.3) is 11.8 Å². The van der Waals surface area contributed by atoms with E-state index >= 15 is 0 Å². The van der Waals surface area contributed by atoms with E-state index in [0.717, 1.165) is 55.0 Å². The van der Waals surface area contributed by atoms with Crippen LogP contribution in [0.4, 0.5) is 5.13 Å². The highest BCUT2D eigenvalue weighted by molar-refractivity contribution is 7.13. The zero-order valence-corrected chi connectivity index (χ0v) is 24.0. The zero-order chi connectivity index (χ0) is 27.3. The molecule has 0 bridgehead atoms. The van der Waals surface area contributed by atoms with Crippen LogP contribution in [-0.4, -0.2) is 52.8 Å². The second kappa shape index (κ2) is 13.1. The quantitative estimate of drug-likeness (QED) is 0.322. The van der Waals surface area contributed by atoms with E-state index in [0.29, 0.717) is 17.2 Å². The summed E-state index contributed by atoms with van der Waals surface area (Å²) in [7, 11) is 0. The maximum atomic E-state index is 13.6. The number of piperazine rings is 1. The van der Waals surface area contributed by atoms with Crippen LogP contribution in [0.3, 0.4) is 0 Å². The van der Waals surface area contributed by atoms with Gasteiger partial charge in [0.05, 0.1) is 0 Å². The molecule has 2 amide bonds. The standard InChI is InChI=1S/C32H29N5O2S.ClH/c38-30(35-32-34-16-19-40-32)29(26-4-2-1-3-5-26)37-22-27-13-12-24(20-28(27)31(37)39)9-6-23-7-10-25(11-8-23)21-36-17-14-33-15-18-36;/h1-5,7-8,10-13,16,19-20,29,33H,14-15,17-18,21-22H2,(H,34,35,38);1H. The van der Waals surface area contributed by atoms with Crippen LogP contribution in [0.15, 0.2) is 84.4 Å². The molecule has 0 spiro atoms. The number of amides is 2. The van der Waals surface area contributed by atoms with Crippen molar-refractivity contribution in [3.05, 3.63) is 118 Å². The van der Waals surface area contributed by atoms with Crippen LogP contribution in [0, 0.1) is 11.8 Å². The molecule has 9 heteroatoms. The van der Waals surface area contributed by atoms with E-state index < -0.39 is 6.04 Å². The van der Waals surface area contributed by atoms with E-state index in [1.165, 1.54) is 16.9 Å². The van der Waals surface area contributed by atoms with Crippen molar-refractivity contribution < 1.29 is 9.59 Å². The second-order valence-corrected chi connectivity index (χ2v) is 10.8. The molecule has 1 saturated heterocycles. The molecule has 2 aliphatic rings. The van der Waals surface area contributed by atoms with Crippen molar-refractivity contribution in [1.29, 1.82) is 0 Å². The smallest absolute Gasteiger partial charge is 0.255 e. The maximum absolute atomic E-state index is 13.6. The first-order chi connectivity index (χ1) is 19.6. The minimum atomic E-state index is -0.778. The van der Waals surface area contributed by atoms with Gasteiger partial charge in [0.2, 0.25) is 0 Å². The largest absolute Gasteiger partial charge is 0.318 e. The molecule has 1 fully saturated rings. The number of rotatable bonds is 6. The van der Waals surface area contributed by atoms with Crippen LogP contribution in [0.5, 0.6) is 0 Å². The van der Waals surface area contributed by atoms with Crippen molar-refractivity contribution in [1.82, 2.24) is 20.1 Å². The van der Waals surface area contributed by atoms with E-state index in [1.807, 2.05) is 48.5 Å². The van der Waals surface area contributed by atoms with Crippen molar-refractivity contribution >= 4 is 40.7 Å². The lowest BCUT2D eigenvalue weighted by molar-refractivity contribution is -0.120. The second-order valence-electron chi connectivity index (χ2n) is 9.92. The molecule has 2 aliphatic heterocycles. The fourth-order valence-electron chi connectivity index (χ4n) is 5.14. The molecule has 6 rings (SSSR count). The maximum Gasteiger partial charge on any atom is 0.255 e. The van der Waals surface area contributed by atoms with Gasteiger partial charge in [0.1, 0.15) is 6.04 Å². The molecule has 0 aliphatic carbocycles. The summed E-state index contributed by atoms with van der Waals surface area (Å²) in [5.41, 5.74) is 5.19. The lowest BCUT2D eigenvalue weighted by Gasteiger charge is -2.27. The summed E-state index contributed by atoms with van der Waals surface area (Å²) >= 11 is 1.34. The zero-order valence-electron chi connectivity index (χ0n) is 22.4. The average Bonchev–Trinajstić information content (AvgIpc) is 3.62. The van der Waals surface area contributed by atoms with E-state index in [2.05, 4.69) is 56.6 Å². The molecule has 1 unspecified atom stereocenters. The summed E-state index contributed by atoms with van der Waals surface area (Å²) in [4.78, 5) is 35.3. The van der Waals surface area contributed by atoms with Crippen molar-refractivity contribution in [2.24, 2.45) is 0 Å². The third kappa shape index (κ3) is 6.67. The van der Waals surface area contributed by atoms with Crippen molar-refractivity contribution in [2.45, 2.75) is 19.1 Å².